The van der Waals surface area contributed by atoms with Gasteiger partial charge in [0, 0.05) is 4.47 Å². The normalized spacial score (nSPS) is 9.90. The van der Waals surface area contributed by atoms with Gasteiger partial charge in [0.05, 0.1) is 22.9 Å². The molecule has 0 fully saturated rings. The summed E-state index contributed by atoms with van der Waals surface area (Å²) in [6, 6.07) is 8.84. The quantitative estimate of drug-likeness (QED) is 0.915. The van der Waals surface area contributed by atoms with Gasteiger partial charge in [-0.2, -0.15) is 5.26 Å². The SMILES string of the molecule is Cc1nc(NC(=O)c2ccc(C#N)cc2F)ccc1Br. The highest BCUT2D eigenvalue weighted by Gasteiger charge is 2.13. The van der Waals surface area contributed by atoms with Crippen molar-refractivity contribution in [1.29, 1.82) is 5.26 Å². The average molecular weight is 334 g/mol. The molecule has 0 aliphatic carbocycles. The summed E-state index contributed by atoms with van der Waals surface area (Å²) < 4.78 is 14.5. The van der Waals surface area contributed by atoms with Crippen LogP contribution in [0.2, 0.25) is 0 Å². The number of nitriles is 1. The monoisotopic (exact) mass is 333 g/mol. The number of halogens is 2. The van der Waals surface area contributed by atoms with E-state index in [2.05, 4.69) is 26.2 Å². The Bertz CT molecular complexity index is 725. The number of nitrogens with zero attached hydrogens (tertiary/aromatic N) is 2. The van der Waals surface area contributed by atoms with Gasteiger partial charge in [-0.25, -0.2) is 9.37 Å². The van der Waals surface area contributed by atoms with Gasteiger partial charge in [-0.15, -0.1) is 0 Å². The van der Waals surface area contributed by atoms with Crippen LogP contribution in [0.4, 0.5) is 10.2 Å². The van der Waals surface area contributed by atoms with Crippen molar-refractivity contribution >= 4 is 27.7 Å². The van der Waals surface area contributed by atoms with E-state index < -0.39 is 11.7 Å². The Morgan fingerprint density at radius 2 is 2.15 bits per heavy atom. The second-order valence-electron chi connectivity index (χ2n) is 4.02. The molecule has 20 heavy (non-hydrogen) atoms. The van der Waals surface area contributed by atoms with E-state index in [9.17, 15) is 9.18 Å². The molecule has 0 aliphatic rings. The number of rotatable bonds is 2. The van der Waals surface area contributed by atoms with Crippen molar-refractivity contribution in [3.05, 3.63) is 57.4 Å². The smallest absolute Gasteiger partial charge is 0.259 e. The third kappa shape index (κ3) is 3.00. The first kappa shape index (κ1) is 14.2. The largest absolute Gasteiger partial charge is 0.306 e. The molecule has 6 heteroatoms. The first-order chi connectivity index (χ1) is 9.51. The second-order valence-corrected chi connectivity index (χ2v) is 4.88. The van der Waals surface area contributed by atoms with E-state index >= 15 is 0 Å². The van der Waals surface area contributed by atoms with Gasteiger partial charge in [0.1, 0.15) is 11.6 Å². The zero-order chi connectivity index (χ0) is 14.7. The van der Waals surface area contributed by atoms with Crippen LogP contribution in [0.1, 0.15) is 21.6 Å². The zero-order valence-corrected chi connectivity index (χ0v) is 12.0. The maximum Gasteiger partial charge on any atom is 0.259 e. The summed E-state index contributed by atoms with van der Waals surface area (Å²) in [5, 5.41) is 11.2. The van der Waals surface area contributed by atoms with E-state index in [1.165, 1.54) is 12.1 Å². The maximum absolute atomic E-state index is 13.7. The Kier molecular flexibility index (Phi) is 4.11. The molecule has 1 aromatic heterocycles. The van der Waals surface area contributed by atoms with E-state index in [1.54, 1.807) is 19.1 Å². The third-order valence-corrected chi connectivity index (χ3v) is 3.44. The number of carbonyl (C=O) groups is 1. The molecule has 0 radical (unpaired) electrons. The first-order valence-electron chi connectivity index (χ1n) is 5.65. The highest BCUT2D eigenvalue weighted by molar-refractivity contribution is 9.10. The topological polar surface area (TPSA) is 65.8 Å². The molecule has 2 rings (SSSR count). The lowest BCUT2D eigenvalue weighted by Gasteiger charge is -2.07. The molecule has 1 aromatic carbocycles. The summed E-state index contributed by atoms with van der Waals surface area (Å²) in [6.07, 6.45) is 0. The Morgan fingerprint density at radius 1 is 1.40 bits per heavy atom. The minimum Gasteiger partial charge on any atom is -0.306 e. The number of anilines is 1. The standard InChI is InChI=1S/C14H9BrFN3O/c1-8-11(15)4-5-13(18-8)19-14(20)10-3-2-9(7-17)6-12(10)16/h2-6H,1H3,(H,18,19,20). The number of aryl methyl sites for hydroxylation is 1. The Hall–Kier alpha value is -2.26. The van der Waals surface area contributed by atoms with Crippen molar-refractivity contribution < 1.29 is 9.18 Å². The average Bonchev–Trinajstić information content (AvgIpc) is 2.42. The van der Waals surface area contributed by atoms with Crippen molar-refractivity contribution in [2.45, 2.75) is 6.92 Å². The van der Waals surface area contributed by atoms with Crippen LogP contribution in [0.3, 0.4) is 0 Å². The van der Waals surface area contributed by atoms with E-state index in [4.69, 9.17) is 5.26 Å². The fourth-order valence-corrected chi connectivity index (χ4v) is 1.79. The van der Waals surface area contributed by atoms with E-state index in [1.807, 2.05) is 6.07 Å². The molecule has 4 nitrogen and oxygen atoms in total. The number of aromatic nitrogens is 1. The summed E-state index contributed by atoms with van der Waals surface area (Å²) in [4.78, 5) is 16.1. The number of benzene rings is 1. The van der Waals surface area contributed by atoms with Crippen LogP contribution < -0.4 is 5.32 Å². The number of hydrogen-bond donors (Lipinski definition) is 1. The fraction of sp³-hybridized carbons (Fsp3) is 0.0714. The highest BCUT2D eigenvalue weighted by Crippen LogP contribution is 2.17. The van der Waals surface area contributed by atoms with Crippen molar-refractivity contribution in [1.82, 2.24) is 4.98 Å². The van der Waals surface area contributed by atoms with Gasteiger partial charge in [-0.1, -0.05) is 0 Å². The molecular formula is C14H9BrFN3O. The molecule has 100 valence electrons. The van der Waals surface area contributed by atoms with E-state index in [0.717, 1.165) is 10.5 Å². The van der Waals surface area contributed by atoms with Gasteiger partial charge in [-0.05, 0) is 53.2 Å². The van der Waals surface area contributed by atoms with Crippen LogP contribution in [0.5, 0.6) is 0 Å². The van der Waals surface area contributed by atoms with Crippen molar-refractivity contribution in [3.8, 4) is 6.07 Å². The van der Waals surface area contributed by atoms with Gasteiger partial charge in [0.15, 0.2) is 0 Å². The lowest BCUT2D eigenvalue weighted by Crippen LogP contribution is -2.15. The molecule has 0 spiro atoms. The molecule has 0 unspecified atom stereocenters. The van der Waals surface area contributed by atoms with Crippen LogP contribution in [-0.2, 0) is 0 Å². The third-order valence-electron chi connectivity index (χ3n) is 2.61. The molecule has 1 amide bonds. The molecule has 0 atom stereocenters. The van der Waals surface area contributed by atoms with Crippen LogP contribution in [-0.4, -0.2) is 10.9 Å². The molecule has 0 saturated carbocycles. The predicted octanol–water partition coefficient (Wildman–Crippen LogP) is 3.42. The molecule has 0 saturated heterocycles. The van der Waals surface area contributed by atoms with Crippen LogP contribution in [0.25, 0.3) is 0 Å². The number of amides is 1. The van der Waals surface area contributed by atoms with Crippen molar-refractivity contribution in [2.75, 3.05) is 5.32 Å². The van der Waals surface area contributed by atoms with E-state index in [-0.39, 0.29) is 11.1 Å². The highest BCUT2D eigenvalue weighted by atomic mass is 79.9. The van der Waals surface area contributed by atoms with Gasteiger partial charge in [-0.3, -0.25) is 4.79 Å². The summed E-state index contributed by atoms with van der Waals surface area (Å²) in [5.74, 6) is -1.02. The Balaban J connectivity index is 2.24. The van der Waals surface area contributed by atoms with Crippen molar-refractivity contribution in [2.24, 2.45) is 0 Å². The van der Waals surface area contributed by atoms with Crippen LogP contribution in [0.15, 0.2) is 34.8 Å². The molecule has 2 aromatic rings. The minimum atomic E-state index is -0.740. The number of carbonyl (C=O) groups excluding carboxylic acids is 1. The summed E-state index contributed by atoms with van der Waals surface area (Å²) >= 11 is 3.30. The van der Waals surface area contributed by atoms with Gasteiger partial charge in [0.2, 0.25) is 0 Å². The summed E-state index contributed by atoms with van der Waals surface area (Å²) in [7, 11) is 0. The maximum atomic E-state index is 13.7. The lowest BCUT2D eigenvalue weighted by molar-refractivity contribution is 0.102. The summed E-state index contributed by atoms with van der Waals surface area (Å²) in [6.45, 7) is 1.78. The Morgan fingerprint density at radius 3 is 2.75 bits per heavy atom. The number of hydrogen-bond acceptors (Lipinski definition) is 3. The second kappa shape index (κ2) is 5.80. The van der Waals surface area contributed by atoms with E-state index in [0.29, 0.717) is 11.5 Å². The van der Waals surface area contributed by atoms with Crippen LogP contribution in [0, 0.1) is 24.1 Å². The minimum absolute atomic E-state index is 0.133. The van der Waals surface area contributed by atoms with Gasteiger partial charge >= 0.3 is 0 Å². The molecule has 1 N–H and O–H groups in total. The molecule has 0 bridgehead atoms. The number of pyridine rings is 1. The fourth-order valence-electron chi connectivity index (χ4n) is 1.57. The van der Waals surface area contributed by atoms with Crippen LogP contribution >= 0.6 is 15.9 Å². The summed E-state index contributed by atoms with van der Waals surface area (Å²) in [5.41, 5.74) is 0.742. The molecule has 0 aliphatic heterocycles. The predicted molar refractivity (Wildman–Crippen MR) is 75.7 cm³/mol. The Labute approximate surface area is 123 Å². The first-order valence-corrected chi connectivity index (χ1v) is 6.44. The molecule has 1 heterocycles. The van der Waals surface area contributed by atoms with Crippen molar-refractivity contribution in [3.63, 3.8) is 0 Å². The van der Waals surface area contributed by atoms with Gasteiger partial charge in [0.25, 0.3) is 5.91 Å². The zero-order valence-electron chi connectivity index (χ0n) is 10.4. The lowest BCUT2D eigenvalue weighted by atomic mass is 10.1. The number of nitrogens with one attached hydrogen (secondary N) is 1. The molecular weight excluding hydrogens is 325 g/mol. The van der Waals surface area contributed by atoms with Gasteiger partial charge < -0.3 is 5.32 Å².